The smallest absolute Gasteiger partial charge is 0.149 e. The lowest BCUT2D eigenvalue weighted by Crippen LogP contribution is -2.19. The zero-order valence-electron chi connectivity index (χ0n) is 11.9. The maximum Gasteiger partial charge on any atom is 0.149 e. The van der Waals surface area contributed by atoms with Gasteiger partial charge in [-0.05, 0) is 38.9 Å². The highest BCUT2D eigenvalue weighted by Gasteiger charge is 2.15. The van der Waals surface area contributed by atoms with Gasteiger partial charge in [0.2, 0.25) is 0 Å². The molecule has 1 unspecified atom stereocenters. The molecule has 0 spiro atoms. The van der Waals surface area contributed by atoms with Gasteiger partial charge in [0.25, 0.3) is 0 Å². The molecule has 0 amide bonds. The molecular weight excluding hydrogens is 256 g/mol. The SMILES string of the molecule is CCNC(CC)c1nnc(-c2ccc(C)nc2C)s1. The monoisotopic (exact) mass is 276 g/mol. The molecule has 0 aromatic carbocycles. The third kappa shape index (κ3) is 3.16. The Morgan fingerprint density at radius 3 is 2.63 bits per heavy atom. The highest BCUT2D eigenvalue weighted by molar-refractivity contribution is 7.14. The van der Waals surface area contributed by atoms with E-state index in [2.05, 4.69) is 40.4 Å². The molecule has 19 heavy (non-hydrogen) atoms. The van der Waals surface area contributed by atoms with Gasteiger partial charge in [-0.1, -0.05) is 25.2 Å². The summed E-state index contributed by atoms with van der Waals surface area (Å²) >= 11 is 1.65. The molecule has 0 saturated heterocycles. The topological polar surface area (TPSA) is 50.7 Å². The molecule has 4 nitrogen and oxygen atoms in total. The summed E-state index contributed by atoms with van der Waals surface area (Å²) in [6.45, 7) is 9.23. The Balaban J connectivity index is 2.29. The molecule has 2 heterocycles. The molecule has 0 aliphatic carbocycles. The van der Waals surface area contributed by atoms with Gasteiger partial charge in [-0.3, -0.25) is 4.98 Å². The van der Waals surface area contributed by atoms with Crippen LogP contribution in [0.4, 0.5) is 0 Å². The summed E-state index contributed by atoms with van der Waals surface area (Å²) in [5, 5.41) is 14.1. The first-order valence-electron chi connectivity index (χ1n) is 6.67. The zero-order chi connectivity index (χ0) is 13.8. The summed E-state index contributed by atoms with van der Waals surface area (Å²) in [5.41, 5.74) is 3.13. The van der Waals surface area contributed by atoms with E-state index in [4.69, 9.17) is 0 Å². The van der Waals surface area contributed by atoms with Gasteiger partial charge < -0.3 is 5.32 Å². The van der Waals surface area contributed by atoms with Crippen molar-refractivity contribution in [3.05, 3.63) is 28.5 Å². The fraction of sp³-hybridized carbons (Fsp3) is 0.500. The van der Waals surface area contributed by atoms with Gasteiger partial charge in [0.15, 0.2) is 0 Å². The Morgan fingerprint density at radius 2 is 2.00 bits per heavy atom. The number of aromatic nitrogens is 3. The molecule has 2 aromatic heterocycles. The molecule has 2 aromatic rings. The third-order valence-electron chi connectivity index (χ3n) is 3.05. The van der Waals surface area contributed by atoms with E-state index in [9.17, 15) is 0 Å². The Bertz CT molecular complexity index is 550. The lowest BCUT2D eigenvalue weighted by Gasteiger charge is -2.11. The van der Waals surface area contributed by atoms with Crippen LogP contribution in [-0.4, -0.2) is 21.7 Å². The van der Waals surface area contributed by atoms with E-state index in [1.54, 1.807) is 11.3 Å². The summed E-state index contributed by atoms with van der Waals surface area (Å²) in [4.78, 5) is 4.48. The molecule has 0 fully saturated rings. The maximum absolute atomic E-state index is 4.48. The summed E-state index contributed by atoms with van der Waals surface area (Å²) < 4.78 is 0. The largest absolute Gasteiger partial charge is 0.308 e. The first-order chi connectivity index (χ1) is 9.15. The van der Waals surface area contributed by atoms with Gasteiger partial charge in [-0.15, -0.1) is 10.2 Å². The second-order valence-electron chi connectivity index (χ2n) is 4.55. The fourth-order valence-electron chi connectivity index (χ4n) is 2.05. The molecule has 5 heteroatoms. The van der Waals surface area contributed by atoms with Crippen LogP contribution in [0.5, 0.6) is 0 Å². The third-order valence-corrected chi connectivity index (χ3v) is 4.12. The van der Waals surface area contributed by atoms with Crippen LogP contribution in [-0.2, 0) is 0 Å². The molecular formula is C14H20N4S. The van der Waals surface area contributed by atoms with Crippen LogP contribution in [0.2, 0.25) is 0 Å². The number of hydrogen-bond donors (Lipinski definition) is 1. The van der Waals surface area contributed by atoms with Gasteiger partial charge >= 0.3 is 0 Å². The van der Waals surface area contributed by atoms with Crippen molar-refractivity contribution in [3.63, 3.8) is 0 Å². The van der Waals surface area contributed by atoms with Gasteiger partial charge in [0.05, 0.1) is 6.04 Å². The minimum atomic E-state index is 0.301. The molecule has 0 aliphatic rings. The Labute approximate surface area is 118 Å². The van der Waals surface area contributed by atoms with E-state index >= 15 is 0 Å². The molecule has 1 N–H and O–H groups in total. The second kappa shape index (κ2) is 6.21. The van der Waals surface area contributed by atoms with Crippen LogP contribution < -0.4 is 5.32 Å². The van der Waals surface area contributed by atoms with Crippen molar-refractivity contribution in [2.75, 3.05) is 6.54 Å². The first kappa shape index (κ1) is 14.1. The predicted octanol–water partition coefficient (Wildman–Crippen LogP) is 3.28. The molecule has 0 radical (unpaired) electrons. The summed E-state index contributed by atoms with van der Waals surface area (Å²) in [6, 6.07) is 4.40. The number of nitrogens with zero attached hydrogens (tertiary/aromatic N) is 3. The fourth-order valence-corrected chi connectivity index (χ4v) is 3.13. The highest BCUT2D eigenvalue weighted by atomic mass is 32.1. The number of pyridine rings is 1. The van der Waals surface area contributed by atoms with Crippen LogP contribution in [0.15, 0.2) is 12.1 Å². The predicted molar refractivity (Wildman–Crippen MR) is 79.3 cm³/mol. The molecule has 102 valence electrons. The Morgan fingerprint density at radius 1 is 1.21 bits per heavy atom. The van der Waals surface area contributed by atoms with E-state index in [1.165, 1.54) is 0 Å². The average molecular weight is 276 g/mol. The molecule has 1 atom stereocenters. The summed E-state index contributed by atoms with van der Waals surface area (Å²) in [5.74, 6) is 0. The van der Waals surface area contributed by atoms with Crippen molar-refractivity contribution >= 4 is 11.3 Å². The highest BCUT2D eigenvalue weighted by Crippen LogP contribution is 2.29. The summed E-state index contributed by atoms with van der Waals surface area (Å²) in [6.07, 6.45) is 1.02. The zero-order valence-corrected chi connectivity index (χ0v) is 12.7. The molecule has 0 aliphatic heterocycles. The minimum absolute atomic E-state index is 0.301. The van der Waals surface area contributed by atoms with Crippen LogP contribution in [0, 0.1) is 13.8 Å². The van der Waals surface area contributed by atoms with Crippen molar-refractivity contribution in [2.24, 2.45) is 0 Å². The first-order valence-corrected chi connectivity index (χ1v) is 7.48. The van der Waals surface area contributed by atoms with E-state index in [0.717, 1.165) is 39.9 Å². The second-order valence-corrected chi connectivity index (χ2v) is 5.56. The van der Waals surface area contributed by atoms with E-state index in [-0.39, 0.29) is 0 Å². The van der Waals surface area contributed by atoms with Crippen LogP contribution in [0.3, 0.4) is 0 Å². The maximum atomic E-state index is 4.48. The standard InChI is InChI=1S/C14H20N4S/c1-5-12(15-6-2)14-18-17-13(19-14)11-8-7-9(3)16-10(11)4/h7-8,12,15H,5-6H2,1-4H3. The van der Waals surface area contributed by atoms with E-state index in [1.807, 2.05) is 19.9 Å². The van der Waals surface area contributed by atoms with Gasteiger partial charge in [-0.25, -0.2) is 0 Å². The number of rotatable bonds is 5. The van der Waals surface area contributed by atoms with Crippen molar-refractivity contribution < 1.29 is 0 Å². The quantitative estimate of drug-likeness (QED) is 0.910. The Kier molecular flexibility index (Phi) is 4.61. The van der Waals surface area contributed by atoms with Gasteiger partial charge in [0, 0.05) is 17.0 Å². The van der Waals surface area contributed by atoms with E-state index in [0.29, 0.717) is 6.04 Å². The number of aryl methyl sites for hydroxylation is 2. The average Bonchev–Trinajstić information content (AvgIpc) is 2.85. The minimum Gasteiger partial charge on any atom is -0.308 e. The lowest BCUT2D eigenvalue weighted by molar-refractivity contribution is 0.531. The van der Waals surface area contributed by atoms with Gasteiger partial charge in [0.1, 0.15) is 10.0 Å². The van der Waals surface area contributed by atoms with Crippen molar-refractivity contribution in [2.45, 2.75) is 40.2 Å². The number of nitrogens with one attached hydrogen (secondary N) is 1. The lowest BCUT2D eigenvalue weighted by atomic mass is 10.2. The Hall–Kier alpha value is -1.33. The van der Waals surface area contributed by atoms with E-state index < -0.39 is 0 Å². The van der Waals surface area contributed by atoms with Crippen molar-refractivity contribution in [1.29, 1.82) is 0 Å². The molecule has 0 saturated carbocycles. The molecule has 2 rings (SSSR count). The summed E-state index contributed by atoms with van der Waals surface area (Å²) in [7, 11) is 0. The van der Waals surface area contributed by atoms with Crippen molar-refractivity contribution in [1.82, 2.24) is 20.5 Å². The van der Waals surface area contributed by atoms with Crippen molar-refractivity contribution in [3.8, 4) is 10.6 Å². The van der Waals surface area contributed by atoms with Crippen LogP contribution in [0.1, 0.15) is 42.7 Å². The normalized spacial score (nSPS) is 12.6. The van der Waals surface area contributed by atoms with Crippen LogP contribution in [0.25, 0.3) is 10.6 Å². The number of hydrogen-bond acceptors (Lipinski definition) is 5. The van der Waals surface area contributed by atoms with Gasteiger partial charge in [-0.2, -0.15) is 0 Å². The van der Waals surface area contributed by atoms with Crippen LogP contribution >= 0.6 is 11.3 Å². The molecule has 0 bridgehead atoms.